The van der Waals surface area contributed by atoms with Gasteiger partial charge in [-0.15, -0.1) is 22.7 Å². The Morgan fingerprint density at radius 2 is 0.481 bits per heavy atom. The summed E-state index contributed by atoms with van der Waals surface area (Å²) in [6, 6.07) is 130. The molecule has 6 heterocycles. The Kier molecular flexibility index (Phi) is 15.8. The third kappa shape index (κ3) is 11.6. The van der Waals surface area contributed by atoms with Crippen LogP contribution in [0.4, 0.5) is 0 Å². The number of benzene rings is 14. The van der Waals surface area contributed by atoms with Crippen LogP contribution in [0.5, 0.6) is 0 Å². The smallest absolute Gasteiger partial charge is 0.164 e. The molecule has 488 valence electrons. The Labute approximate surface area is 608 Å². The van der Waals surface area contributed by atoms with E-state index in [1.165, 1.54) is 101 Å². The quantitative estimate of drug-likeness (QED) is 0.122. The molecule has 0 aliphatic rings. The van der Waals surface area contributed by atoms with Crippen LogP contribution in [0.15, 0.2) is 370 Å². The lowest BCUT2D eigenvalue weighted by molar-refractivity contribution is 1.07. The lowest BCUT2D eigenvalue weighted by atomic mass is 10.0. The van der Waals surface area contributed by atoms with Crippen LogP contribution in [0, 0.1) is 0 Å². The Morgan fingerprint density at radius 1 is 0.202 bits per heavy atom. The zero-order valence-corrected chi connectivity index (χ0v) is 57.8. The van der Waals surface area contributed by atoms with Crippen molar-refractivity contribution in [1.82, 2.24) is 34.1 Å². The number of aromatic nitrogens is 7. The van der Waals surface area contributed by atoms with Gasteiger partial charge in [0.2, 0.25) is 0 Å². The van der Waals surface area contributed by atoms with Crippen LogP contribution in [-0.4, -0.2) is 34.1 Å². The van der Waals surface area contributed by atoms with Crippen LogP contribution in [0.1, 0.15) is 0 Å². The maximum Gasteiger partial charge on any atom is 0.164 e. The average molecular weight is 1360 g/mol. The second kappa shape index (κ2) is 26.7. The van der Waals surface area contributed by atoms with Crippen molar-refractivity contribution >= 4 is 86.5 Å². The third-order valence-electron chi connectivity index (χ3n) is 19.5. The predicted octanol–water partition coefficient (Wildman–Crippen LogP) is 25.6. The van der Waals surface area contributed by atoms with Crippen LogP contribution in [0.25, 0.3) is 186 Å². The zero-order valence-electron chi connectivity index (χ0n) is 56.2. The van der Waals surface area contributed by atoms with Crippen LogP contribution in [0.2, 0.25) is 0 Å². The van der Waals surface area contributed by atoms with Gasteiger partial charge in [-0.25, -0.2) is 24.9 Å². The van der Waals surface area contributed by atoms with Crippen molar-refractivity contribution in [2.45, 2.75) is 0 Å². The Bertz CT molecular complexity index is 6110. The Morgan fingerprint density at radius 3 is 0.865 bits per heavy atom. The largest absolute Gasteiger partial charge is 0.309 e. The minimum absolute atomic E-state index is 0.637. The number of hydrogen-bond acceptors (Lipinski definition) is 7. The van der Waals surface area contributed by atoms with E-state index in [0.29, 0.717) is 23.3 Å². The molecule has 20 aromatic rings. The molecule has 0 spiro atoms. The molecule has 0 aliphatic carbocycles. The van der Waals surface area contributed by atoms with Crippen molar-refractivity contribution in [3.63, 3.8) is 0 Å². The highest BCUT2D eigenvalue weighted by Crippen LogP contribution is 2.46. The molecule has 0 saturated heterocycles. The molecule has 0 radical (unpaired) electrons. The summed E-state index contributed by atoms with van der Waals surface area (Å²) in [4.78, 5) is 27.7. The molecule has 0 amide bonds. The highest BCUT2D eigenvalue weighted by molar-refractivity contribution is 7.23. The van der Waals surface area contributed by atoms with Gasteiger partial charge in [-0.1, -0.05) is 291 Å². The van der Waals surface area contributed by atoms with E-state index < -0.39 is 0 Å². The summed E-state index contributed by atoms with van der Waals surface area (Å²) in [5.41, 5.74) is 21.9. The topological polar surface area (TPSA) is 74.3 Å². The molecule has 0 aliphatic heterocycles. The second-order valence-electron chi connectivity index (χ2n) is 25.9. The molecule has 0 saturated carbocycles. The van der Waals surface area contributed by atoms with E-state index in [2.05, 4.69) is 319 Å². The van der Waals surface area contributed by atoms with E-state index >= 15 is 0 Å². The van der Waals surface area contributed by atoms with Crippen molar-refractivity contribution in [1.29, 1.82) is 0 Å². The van der Waals surface area contributed by atoms with E-state index in [4.69, 9.17) is 24.9 Å². The van der Waals surface area contributed by atoms with Crippen LogP contribution in [-0.2, 0) is 0 Å². The maximum atomic E-state index is 5.10. The molecule has 14 aromatic carbocycles. The van der Waals surface area contributed by atoms with Crippen LogP contribution in [0.3, 0.4) is 0 Å². The van der Waals surface area contributed by atoms with E-state index in [-0.39, 0.29) is 0 Å². The molecule has 0 N–H and O–H groups in total. The lowest BCUT2D eigenvalue weighted by Crippen LogP contribution is -2.00. The molecule has 0 fully saturated rings. The van der Waals surface area contributed by atoms with E-state index in [1.807, 2.05) is 83.3 Å². The molecule has 6 aromatic heterocycles. The van der Waals surface area contributed by atoms with Gasteiger partial charge in [0.15, 0.2) is 23.3 Å². The van der Waals surface area contributed by atoms with Gasteiger partial charge < -0.3 is 9.13 Å². The van der Waals surface area contributed by atoms with Gasteiger partial charge in [-0.05, 0) is 123 Å². The van der Waals surface area contributed by atoms with Gasteiger partial charge >= 0.3 is 0 Å². The van der Waals surface area contributed by atoms with Gasteiger partial charge in [0.05, 0.1) is 33.5 Å². The minimum Gasteiger partial charge on any atom is -0.309 e. The average Bonchev–Trinajstić information content (AvgIpc) is 1.58. The molecular weight excluding hydrogens is 1300 g/mol. The summed E-state index contributed by atoms with van der Waals surface area (Å²) >= 11 is 3.74. The SMILES string of the molecule is c1ccc(-c2ccc(-c3cc(-c4ccc(-n5c6ccccc6c6c7sc(-c8ccccc8)cc7ccc65)cc4)nc(-c4ccccc4)n3)cc2)cc1.c1ccc(-c2ccc(-c3nc(-c4ccccc4)nc(-c4ccc(-n5c6ccccc6c6c7sc(-c8ccccc8)cc7ccc65)cc4)n3)cc2)cc1. The van der Waals surface area contributed by atoms with Crippen molar-refractivity contribution in [3.05, 3.63) is 370 Å². The second-order valence-corrected chi connectivity index (χ2v) is 28.0. The fourth-order valence-corrected chi connectivity index (χ4v) is 16.8. The molecule has 104 heavy (non-hydrogen) atoms. The molecule has 7 nitrogen and oxygen atoms in total. The maximum absolute atomic E-state index is 5.10. The highest BCUT2D eigenvalue weighted by Gasteiger charge is 2.21. The predicted molar refractivity (Wildman–Crippen MR) is 436 cm³/mol. The van der Waals surface area contributed by atoms with Crippen molar-refractivity contribution in [2.24, 2.45) is 0 Å². The van der Waals surface area contributed by atoms with Gasteiger partial charge in [0, 0.05) is 85.5 Å². The molecule has 0 bridgehead atoms. The third-order valence-corrected chi connectivity index (χ3v) is 22.0. The number of hydrogen-bond donors (Lipinski definition) is 0. The standard InChI is InChI=1S/C48H31N3S.C47H30N4S/c1-4-12-32(13-5-1)33-20-22-34(23-21-33)41-31-42(50-48(49-41)37-16-8-3-9-17-37)35-24-27-39(28-25-35)51-43-19-11-10-18-40(43)46-44(51)29-26-38-30-45(52-47(38)46)36-14-6-2-7-15-36;1-4-12-31(13-5-1)32-20-22-35(23-21-32)46-48-45(34-16-8-3-9-17-34)49-47(50-46)36-24-27-38(28-25-36)51-40-19-11-10-18-39(40)43-41(51)29-26-37-30-42(52-44(37)43)33-14-6-2-7-15-33/h1-31H;1-30H. The first kappa shape index (κ1) is 61.8. The van der Waals surface area contributed by atoms with Crippen molar-refractivity contribution in [3.8, 4) is 123 Å². The summed E-state index contributed by atoms with van der Waals surface area (Å²) in [6.45, 7) is 0. The number of fused-ring (bicyclic) bond motifs is 10. The van der Waals surface area contributed by atoms with Crippen molar-refractivity contribution < 1.29 is 0 Å². The summed E-state index contributed by atoms with van der Waals surface area (Å²) < 4.78 is 7.40. The van der Waals surface area contributed by atoms with Gasteiger partial charge in [0.25, 0.3) is 0 Å². The monoisotopic (exact) mass is 1360 g/mol. The first-order valence-electron chi connectivity index (χ1n) is 34.9. The fourth-order valence-electron chi connectivity index (χ4n) is 14.4. The summed E-state index contributed by atoms with van der Waals surface area (Å²) in [6.07, 6.45) is 0. The Balaban J connectivity index is 0.000000143. The molecule has 0 unspecified atom stereocenters. The number of para-hydroxylation sites is 2. The van der Waals surface area contributed by atoms with E-state index in [0.717, 1.165) is 61.7 Å². The minimum atomic E-state index is 0.637. The highest BCUT2D eigenvalue weighted by atomic mass is 32.1. The fraction of sp³-hybridized carbons (Fsp3) is 0. The van der Waals surface area contributed by atoms with E-state index in [9.17, 15) is 0 Å². The summed E-state index contributed by atoms with van der Waals surface area (Å²) in [7, 11) is 0. The van der Waals surface area contributed by atoms with Crippen LogP contribution >= 0.6 is 22.7 Å². The summed E-state index contributed by atoms with van der Waals surface area (Å²) in [5, 5.41) is 7.65. The first-order chi connectivity index (χ1) is 51.5. The Hall–Kier alpha value is -13.3. The normalized spacial score (nSPS) is 11.5. The molecule has 9 heteroatoms. The van der Waals surface area contributed by atoms with E-state index in [1.54, 1.807) is 0 Å². The lowest BCUT2D eigenvalue weighted by Gasteiger charge is -2.12. The van der Waals surface area contributed by atoms with Gasteiger partial charge in [-0.3, -0.25) is 0 Å². The number of nitrogens with zero attached hydrogens (tertiary/aromatic N) is 7. The number of rotatable bonds is 12. The summed E-state index contributed by atoms with van der Waals surface area (Å²) in [5.74, 6) is 2.64. The van der Waals surface area contributed by atoms with Crippen molar-refractivity contribution in [2.75, 3.05) is 0 Å². The first-order valence-corrected chi connectivity index (χ1v) is 36.5. The van der Waals surface area contributed by atoms with Gasteiger partial charge in [0.1, 0.15) is 0 Å². The van der Waals surface area contributed by atoms with Crippen LogP contribution < -0.4 is 0 Å². The van der Waals surface area contributed by atoms with Gasteiger partial charge in [-0.2, -0.15) is 0 Å². The molecular formula is C95H61N7S2. The number of thiophene rings is 2. The zero-order chi connectivity index (χ0) is 68.9. The molecule has 20 rings (SSSR count). The molecule has 0 atom stereocenters.